The van der Waals surface area contributed by atoms with Crippen LogP contribution in [0.1, 0.15) is 24.8 Å². The number of aliphatic hydroxyl groups is 1. The zero-order valence-electron chi connectivity index (χ0n) is 8.62. The number of benzene rings is 1. The lowest BCUT2D eigenvalue weighted by molar-refractivity contribution is 0.124. The first-order chi connectivity index (χ1) is 7.19. The molecule has 2 rings (SSSR count). The lowest BCUT2D eigenvalue weighted by Gasteiger charge is -2.22. The van der Waals surface area contributed by atoms with E-state index in [1.807, 2.05) is 12.1 Å². The van der Waals surface area contributed by atoms with E-state index in [-0.39, 0.29) is 11.5 Å². The normalized spacial score (nSPS) is 19.9. The van der Waals surface area contributed by atoms with Crippen molar-refractivity contribution in [2.75, 3.05) is 6.54 Å². The summed E-state index contributed by atoms with van der Waals surface area (Å²) in [6.07, 6.45) is 2.56. The zero-order valence-corrected chi connectivity index (χ0v) is 10.2. The average molecular weight is 270 g/mol. The van der Waals surface area contributed by atoms with Crippen LogP contribution in [0.25, 0.3) is 0 Å². The number of rotatable bonds is 4. The van der Waals surface area contributed by atoms with Crippen LogP contribution in [0.15, 0.2) is 28.7 Å². The number of hydrogen-bond donors (Lipinski definition) is 2. The monoisotopic (exact) mass is 269 g/mol. The molecule has 0 aliphatic heterocycles. The molecule has 1 saturated carbocycles. The fraction of sp³-hybridized carbons (Fsp3) is 0.500. The molecule has 0 heterocycles. The molecule has 0 amide bonds. The van der Waals surface area contributed by atoms with Gasteiger partial charge in [0.2, 0.25) is 0 Å². The van der Waals surface area contributed by atoms with Gasteiger partial charge in [0, 0.05) is 9.89 Å². The second kappa shape index (κ2) is 4.24. The van der Waals surface area contributed by atoms with Crippen LogP contribution in [-0.4, -0.2) is 17.8 Å². The SMILES string of the molecule is NCC[C@@H](O)C1(c2ccc(Br)cc2)CC1. The first kappa shape index (κ1) is 11.1. The van der Waals surface area contributed by atoms with Gasteiger partial charge in [-0.3, -0.25) is 0 Å². The Balaban J connectivity index is 2.19. The second-order valence-electron chi connectivity index (χ2n) is 4.26. The fourth-order valence-corrected chi connectivity index (χ4v) is 2.43. The van der Waals surface area contributed by atoms with Gasteiger partial charge in [0.1, 0.15) is 0 Å². The van der Waals surface area contributed by atoms with Gasteiger partial charge in [0.25, 0.3) is 0 Å². The van der Waals surface area contributed by atoms with E-state index in [0.29, 0.717) is 13.0 Å². The van der Waals surface area contributed by atoms with Crippen molar-refractivity contribution >= 4 is 15.9 Å². The van der Waals surface area contributed by atoms with Gasteiger partial charge < -0.3 is 10.8 Å². The van der Waals surface area contributed by atoms with Crippen LogP contribution >= 0.6 is 15.9 Å². The first-order valence-corrected chi connectivity index (χ1v) is 6.12. The van der Waals surface area contributed by atoms with Crippen LogP contribution in [0.5, 0.6) is 0 Å². The third-order valence-corrected chi connectivity index (χ3v) is 3.81. The minimum atomic E-state index is -0.288. The molecule has 1 fully saturated rings. The predicted molar refractivity (Wildman–Crippen MR) is 64.7 cm³/mol. The van der Waals surface area contributed by atoms with Crippen LogP contribution in [-0.2, 0) is 5.41 Å². The Hall–Kier alpha value is -0.380. The van der Waals surface area contributed by atoms with Gasteiger partial charge in [0.05, 0.1) is 6.10 Å². The molecule has 15 heavy (non-hydrogen) atoms. The number of aliphatic hydroxyl groups excluding tert-OH is 1. The van der Waals surface area contributed by atoms with E-state index in [1.54, 1.807) is 0 Å². The standard InChI is InChI=1S/C12H16BrNO/c13-10-3-1-9(2-4-10)12(6-7-12)11(15)5-8-14/h1-4,11,15H,5-8,14H2/t11-/m1/s1. The summed E-state index contributed by atoms with van der Waals surface area (Å²) in [6.45, 7) is 0.555. The molecule has 0 bridgehead atoms. The van der Waals surface area contributed by atoms with E-state index in [2.05, 4.69) is 28.1 Å². The predicted octanol–water partition coefficient (Wildman–Crippen LogP) is 2.19. The molecule has 1 aliphatic carbocycles. The summed E-state index contributed by atoms with van der Waals surface area (Å²) in [6, 6.07) is 8.25. The molecule has 1 aromatic rings. The van der Waals surface area contributed by atoms with Crippen molar-refractivity contribution in [1.29, 1.82) is 0 Å². The number of nitrogens with two attached hydrogens (primary N) is 1. The molecule has 0 unspecified atom stereocenters. The van der Waals surface area contributed by atoms with Gasteiger partial charge in [-0.05, 0) is 43.5 Å². The third kappa shape index (κ3) is 2.10. The Morgan fingerprint density at radius 3 is 2.40 bits per heavy atom. The van der Waals surface area contributed by atoms with E-state index in [4.69, 9.17) is 5.73 Å². The third-order valence-electron chi connectivity index (χ3n) is 3.29. The maximum absolute atomic E-state index is 10.1. The van der Waals surface area contributed by atoms with E-state index in [1.165, 1.54) is 5.56 Å². The zero-order chi connectivity index (χ0) is 10.9. The molecule has 0 saturated heterocycles. The van der Waals surface area contributed by atoms with E-state index in [0.717, 1.165) is 17.3 Å². The molecule has 1 aromatic carbocycles. The smallest absolute Gasteiger partial charge is 0.0648 e. The highest BCUT2D eigenvalue weighted by molar-refractivity contribution is 9.10. The maximum atomic E-state index is 10.1. The summed E-state index contributed by atoms with van der Waals surface area (Å²) in [5.41, 5.74) is 6.73. The minimum absolute atomic E-state index is 0.0000694. The van der Waals surface area contributed by atoms with Crippen LogP contribution in [0, 0.1) is 0 Å². The molecule has 0 aromatic heterocycles. The summed E-state index contributed by atoms with van der Waals surface area (Å²) in [5, 5.41) is 10.1. The molecule has 2 nitrogen and oxygen atoms in total. The van der Waals surface area contributed by atoms with Crippen LogP contribution in [0.2, 0.25) is 0 Å². The maximum Gasteiger partial charge on any atom is 0.0648 e. The Morgan fingerprint density at radius 1 is 1.33 bits per heavy atom. The highest BCUT2D eigenvalue weighted by atomic mass is 79.9. The fourth-order valence-electron chi connectivity index (χ4n) is 2.16. The van der Waals surface area contributed by atoms with Gasteiger partial charge in [0.15, 0.2) is 0 Å². The summed E-state index contributed by atoms with van der Waals surface area (Å²) >= 11 is 3.42. The van der Waals surface area contributed by atoms with Crippen molar-refractivity contribution in [2.45, 2.75) is 30.8 Å². The molecule has 82 valence electrons. The summed E-state index contributed by atoms with van der Waals surface area (Å²) in [4.78, 5) is 0. The average Bonchev–Trinajstić information content (AvgIpc) is 3.00. The highest BCUT2D eigenvalue weighted by Crippen LogP contribution is 2.51. The number of halogens is 1. The molecule has 0 radical (unpaired) electrons. The minimum Gasteiger partial charge on any atom is -0.392 e. The van der Waals surface area contributed by atoms with Gasteiger partial charge in [-0.15, -0.1) is 0 Å². The molecular weight excluding hydrogens is 254 g/mol. The topological polar surface area (TPSA) is 46.2 Å². The highest BCUT2D eigenvalue weighted by Gasteiger charge is 2.49. The molecule has 1 aliphatic rings. The molecule has 3 heteroatoms. The van der Waals surface area contributed by atoms with Crippen LogP contribution in [0.4, 0.5) is 0 Å². The van der Waals surface area contributed by atoms with Crippen molar-refractivity contribution in [2.24, 2.45) is 5.73 Å². The lowest BCUT2D eigenvalue weighted by Crippen LogP contribution is -2.28. The van der Waals surface area contributed by atoms with Crippen molar-refractivity contribution < 1.29 is 5.11 Å². The summed E-state index contributed by atoms with van der Waals surface area (Å²) in [5.74, 6) is 0. The van der Waals surface area contributed by atoms with Crippen molar-refractivity contribution in [3.05, 3.63) is 34.3 Å². The molecule has 3 N–H and O–H groups in total. The summed E-state index contributed by atoms with van der Waals surface area (Å²) in [7, 11) is 0. The van der Waals surface area contributed by atoms with Crippen molar-refractivity contribution in [3.8, 4) is 0 Å². The number of hydrogen-bond acceptors (Lipinski definition) is 2. The van der Waals surface area contributed by atoms with Crippen molar-refractivity contribution in [3.63, 3.8) is 0 Å². The molecule has 0 spiro atoms. The van der Waals surface area contributed by atoms with Gasteiger partial charge in [-0.1, -0.05) is 28.1 Å². The van der Waals surface area contributed by atoms with E-state index < -0.39 is 0 Å². The summed E-state index contributed by atoms with van der Waals surface area (Å²) < 4.78 is 1.08. The quantitative estimate of drug-likeness (QED) is 0.881. The second-order valence-corrected chi connectivity index (χ2v) is 5.17. The Labute approximate surface area is 98.6 Å². The van der Waals surface area contributed by atoms with Gasteiger partial charge in [-0.25, -0.2) is 0 Å². The largest absolute Gasteiger partial charge is 0.392 e. The molecular formula is C12H16BrNO. The van der Waals surface area contributed by atoms with Crippen LogP contribution in [0.3, 0.4) is 0 Å². The Morgan fingerprint density at radius 2 is 1.93 bits per heavy atom. The first-order valence-electron chi connectivity index (χ1n) is 5.33. The van der Waals surface area contributed by atoms with E-state index in [9.17, 15) is 5.11 Å². The van der Waals surface area contributed by atoms with Gasteiger partial charge >= 0.3 is 0 Å². The lowest BCUT2D eigenvalue weighted by atomic mass is 9.88. The Bertz CT molecular complexity index is 332. The van der Waals surface area contributed by atoms with Crippen LogP contribution < -0.4 is 5.73 Å². The van der Waals surface area contributed by atoms with Crippen molar-refractivity contribution in [1.82, 2.24) is 0 Å². The Kier molecular flexibility index (Phi) is 3.14. The van der Waals surface area contributed by atoms with E-state index >= 15 is 0 Å². The van der Waals surface area contributed by atoms with Gasteiger partial charge in [-0.2, -0.15) is 0 Å². The molecule has 1 atom stereocenters.